The van der Waals surface area contributed by atoms with E-state index in [1.54, 1.807) is 24.3 Å². The molecule has 7 heteroatoms. The minimum atomic E-state index is -0.198. The summed E-state index contributed by atoms with van der Waals surface area (Å²) in [6, 6.07) is 9.16. The fourth-order valence-electron chi connectivity index (χ4n) is 3.06. The topological polar surface area (TPSA) is 48.5 Å². The molecule has 0 bridgehead atoms. The summed E-state index contributed by atoms with van der Waals surface area (Å²) in [5, 5.41) is 3.98. The van der Waals surface area contributed by atoms with Gasteiger partial charge in [-0.25, -0.2) is 4.98 Å². The summed E-state index contributed by atoms with van der Waals surface area (Å²) < 4.78 is 0. The minimum Gasteiger partial charge on any atom is -0.354 e. The van der Waals surface area contributed by atoms with Gasteiger partial charge in [-0.15, -0.1) is 0 Å². The molecule has 148 valence electrons. The molecule has 1 aliphatic rings. The van der Waals surface area contributed by atoms with Crippen molar-refractivity contribution in [2.24, 2.45) is 0 Å². The minimum absolute atomic E-state index is 0.198. The molecule has 1 saturated heterocycles. The number of benzene rings is 1. The van der Waals surface area contributed by atoms with Gasteiger partial charge in [0.2, 0.25) is 5.91 Å². The van der Waals surface area contributed by atoms with Crippen LogP contribution in [-0.2, 0) is 11.3 Å². The first-order chi connectivity index (χ1) is 13.5. The van der Waals surface area contributed by atoms with E-state index < -0.39 is 0 Å². The highest BCUT2D eigenvalue weighted by atomic mass is 35.5. The zero-order valence-corrected chi connectivity index (χ0v) is 17.4. The number of nitrogens with one attached hydrogen (secondary N) is 1. The highest BCUT2D eigenvalue weighted by Gasteiger charge is 2.16. The third kappa shape index (κ3) is 5.71. The molecule has 0 spiro atoms. The summed E-state index contributed by atoms with van der Waals surface area (Å²) in [4.78, 5) is 21.3. The third-order valence-corrected chi connectivity index (χ3v) is 5.37. The predicted molar refractivity (Wildman–Crippen MR) is 116 cm³/mol. The Balaban J connectivity index is 1.50. The van der Waals surface area contributed by atoms with Gasteiger partial charge in [-0.2, -0.15) is 0 Å². The Morgan fingerprint density at radius 1 is 1.18 bits per heavy atom. The molecular weight excluding hydrogens is 395 g/mol. The molecule has 2 aromatic rings. The molecule has 1 aliphatic heterocycles. The van der Waals surface area contributed by atoms with Crippen LogP contribution in [0.5, 0.6) is 0 Å². The van der Waals surface area contributed by atoms with Gasteiger partial charge in [0.05, 0.1) is 0 Å². The molecule has 1 aromatic carbocycles. The van der Waals surface area contributed by atoms with Crippen molar-refractivity contribution in [2.45, 2.75) is 13.5 Å². The fraction of sp³-hybridized carbons (Fsp3) is 0.333. The molecule has 0 atom stereocenters. The fourth-order valence-corrected chi connectivity index (χ4v) is 3.42. The number of hydrogen-bond acceptors (Lipinski definition) is 4. The first kappa shape index (κ1) is 20.6. The van der Waals surface area contributed by atoms with Crippen molar-refractivity contribution in [1.29, 1.82) is 0 Å². The van der Waals surface area contributed by atoms with Crippen molar-refractivity contribution in [3.8, 4) is 0 Å². The van der Waals surface area contributed by atoms with E-state index in [-0.39, 0.29) is 5.91 Å². The molecule has 1 aromatic heterocycles. The van der Waals surface area contributed by atoms with Gasteiger partial charge in [-0.3, -0.25) is 4.79 Å². The van der Waals surface area contributed by atoms with Crippen molar-refractivity contribution < 1.29 is 4.79 Å². The maximum atomic E-state index is 12.1. The molecule has 1 fully saturated rings. The van der Waals surface area contributed by atoms with E-state index in [2.05, 4.69) is 27.0 Å². The normalized spacial score (nSPS) is 15.2. The number of aromatic nitrogens is 1. The van der Waals surface area contributed by atoms with Crippen molar-refractivity contribution >= 4 is 41.0 Å². The van der Waals surface area contributed by atoms with Crippen LogP contribution in [0.25, 0.3) is 6.08 Å². The van der Waals surface area contributed by atoms with Gasteiger partial charge in [-0.1, -0.05) is 36.2 Å². The van der Waals surface area contributed by atoms with E-state index in [0.717, 1.165) is 44.1 Å². The molecule has 0 saturated carbocycles. The monoisotopic (exact) mass is 418 g/mol. The van der Waals surface area contributed by atoms with Gasteiger partial charge in [-0.05, 0) is 48.0 Å². The molecule has 2 heterocycles. The lowest BCUT2D eigenvalue weighted by atomic mass is 10.2. The molecule has 0 radical (unpaired) electrons. The summed E-state index contributed by atoms with van der Waals surface area (Å²) in [5.74, 6) is 0.789. The van der Waals surface area contributed by atoms with E-state index in [0.29, 0.717) is 22.2 Å². The number of nitrogens with zero attached hydrogens (tertiary/aromatic N) is 3. The Bertz CT molecular complexity index is 831. The Morgan fingerprint density at radius 2 is 1.96 bits per heavy atom. The second-order valence-corrected chi connectivity index (χ2v) is 7.51. The number of carbonyl (C=O) groups excluding carboxylic acids is 1. The van der Waals surface area contributed by atoms with Crippen molar-refractivity contribution in [2.75, 3.05) is 37.6 Å². The number of hydrogen-bond donors (Lipinski definition) is 1. The summed E-state index contributed by atoms with van der Waals surface area (Å²) in [6.07, 6.45) is 4.92. The Hall–Kier alpha value is -2.08. The molecule has 1 amide bonds. The highest BCUT2D eigenvalue weighted by Crippen LogP contribution is 2.21. The van der Waals surface area contributed by atoms with Crippen LogP contribution in [-0.4, -0.2) is 48.5 Å². The summed E-state index contributed by atoms with van der Waals surface area (Å²) in [5.41, 5.74) is 1.66. The lowest BCUT2D eigenvalue weighted by Gasteiger charge is -2.34. The zero-order chi connectivity index (χ0) is 19.9. The van der Waals surface area contributed by atoms with Crippen LogP contribution in [0, 0.1) is 0 Å². The van der Waals surface area contributed by atoms with Crippen LogP contribution in [0.3, 0.4) is 0 Å². The molecule has 0 aliphatic carbocycles. The predicted octanol–water partition coefficient (Wildman–Crippen LogP) is 3.86. The van der Waals surface area contributed by atoms with E-state index in [1.807, 2.05) is 18.3 Å². The number of piperazine rings is 1. The van der Waals surface area contributed by atoms with Crippen LogP contribution < -0.4 is 10.2 Å². The van der Waals surface area contributed by atoms with Crippen molar-refractivity contribution in [1.82, 2.24) is 15.2 Å². The van der Waals surface area contributed by atoms with E-state index in [4.69, 9.17) is 23.2 Å². The van der Waals surface area contributed by atoms with Crippen LogP contribution in [0.15, 0.2) is 42.6 Å². The van der Waals surface area contributed by atoms with Gasteiger partial charge >= 0.3 is 0 Å². The first-order valence-electron chi connectivity index (χ1n) is 9.38. The Labute approximate surface area is 175 Å². The number of pyridine rings is 1. The highest BCUT2D eigenvalue weighted by molar-refractivity contribution is 6.34. The smallest absolute Gasteiger partial charge is 0.244 e. The summed E-state index contributed by atoms with van der Waals surface area (Å²) >= 11 is 12.0. The van der Waals surface area contributed by atoms with Crippen molar-refractivity contribution in [3.63, 3.8) is 0 Å². The quantitative estimate of drug-likeness (QED) is 0.723. The van der Waals surface area contributed by atoms with Gasteiger partial charge in [0.1, 0.15) is 5.82 Å². The number of anilines is 1. The number of amides is 1. The Kier molecular flexibility index (Phi) is 7.31. The molecule has 0 unspecified atom stereocenters. The number of carbonyl (C=O) groups is 1. The lowest BCUT2D eigenvalue weighted by Crippen LogP contribution is -2.46. The van der Waals surface area contributed by atoms with E-state index in [9.17, 15) is 4.79 Å². The molecule has 28 heavy (non-hydrogen) atoms. The van der Waals surface area contributed by atoms with Crippen LogP contribution in [0.2, 0.25) is 10.0 Å². The number of likely N-dealkylation sites (N-methyl/N-ethyl adjacent to an activating group) is 1. The molecule has 3 rings (SSSR count). The van der Waals surface area contributed by atoms with Crippen LogP contribution >= 0.6 is 23.2 Å². The molecule has 1 N–H and O–H groups in total. The van der Waals surface area contributed by atoms with Gasteiger partial charge in [0, 0.05) is 55.0 Å². The van der Waals surface area contributed by atoms with Gasteiger partial charge in [0.15, 0.2) is 0 Å². The lowest BCUT2D eigenvalue weighted by molar-refractivity contribution is -0.116. The van der Waals surface area contributed by atoms with E-state index in [1.165, 1.54) is 6.08 Å². The maximum absolute atomic E-state index is 12.1. The summed E-state index contributed by atoms with van der Waals surface area (Å²) in [7, 11) is 0. The average Bonchev–Trinajstić information content (AvgIpc) is 2.73. The third-order valence-electron chi connectivity index (χ3n) is 4.79. The van der Waals surface area contributed by atoms with Crippen molar-refractivity contribution in [3.05, 3.63) is 63.8 Å². The standard InChI is InChI=1S/C21H24Cl2N4O/c1-2-26-9-11-27(12-10-26)20-7-3-16(14-24-20)15-25-21(28)8-4-17-13-18(22)5-6-19(17)23/h3-8,13-14H,2,9-12,15H2,1H3,(H,25,28)/b8-4+. The second kappa shape index (κ2) is 9.92. The van der Waals surface area contributed by atoms with Gasteiger partial charge in [0.25, 0.3) is 0 Å². The van der Waals surface area contributed by atoms with E-state index >= 15 is 0 Å². The van der Waals surface area contributed by atoms with Crippen LogP contribution in [0.1, 0.15) is 18.1 Å². The average molecular weight is 419 g/mol. The van der Waals surface area contributed by atoms with Crippen LogP contribution in [0.4, 0.5) is 5.82 Å². The summed E-state index contributed by atoms with van der Waals surface area (Å²) in [6.45, 7) is 7.83. The SMILES string of the molecule is CCN1CCN(c2ccc(CNC(=O)/C=C/c3cc(Cl)ccc3Cl)cn2)CC1. The number of rotatable bonds is 6. The first-order valence-corrected chi connectivity index (χ1v) is 10.1. The number of halogens is 2. The molecular formula is C21H24Cl2N4O. The maximum Gasteiger partial charge on any atom is 0.244 e. The Morgan fingerprint density at radius 3 is 2.64 bits per heavy atom. The largest absolute Gasteiger partial charge is 0.354 e. The zero-order valence-electron chi connectivity index (χ0n) is 15.9. The second-order valence-electron chi connectivity index (χ2n) is 6.66. The van der Waals surface area contributed by atoms with Gasteiger partial charge < -0.3 is 15.1 Å². The molecule has 5 nitrogen and oxygen atoms in total.